The minimum Gasteiger partial charge on any atom is -0.279 e. The molecule has 4 heavy (non-hydrogen) atoms. The molecule has 0 atom stereocenters. The van der Waals surface area contributed by atoms with Crippen LogP contribution in [0.15, 0.2) is 0 Å². The number of rotatable bonds is 0. The van der Waals surface area contributed by atoms with Gasteiger partial charge in [0.05, 0.1) is 0 Å². The third-order valence-corrected chi connectivity index (χ3v) is 0. The van der Waals surface area contributed by atoms with E-state index in [1.54, 1.807) is 9.12 Å². The van der Waals surface area contributed by atoms with E-state index in [1.807, 2.05) is 0 Å². The number of hydrogen-bond acceptors (Lipinski definition) is 1. The molecule has 0 saturated heterocycles. The monoisotopic (exact) mass is 147 g/mol. The van der Waals surface area contributed by atoms with Gasteiger partial charge in [-0.15, -0.1) is 0 Å². The molecule has 0 aliphatic rings. The average Bonchev–Trinajstić information content (AvgIpc) is 1.00. The SMILES string of the molecule is O=P.[Ti].[V]. The van der Waals surface area contributed by atoms with Gasteiger partial charge in [0.15, 0.2) is 0 Å². The molecule has 0 spiro atoms. The van der Waals surface area contributed by atoms with Gasteiger partial charge in [0.2, 0.25) is 0 Å². The van der Waals surface area contributed by atoms with Gasteiger partial charge >= 0.3 is 0 Å². The normalized spacial score (nSPS) is 1.00. The molecule has 0 unspecified atom stereocenters. The molecule has 0 aliphatic heterocycles. The molecular weight excluding hydrogens is 146 g/mol. The first-order valence-corrected chi connectivity index (χ1v) is 0.612. The van der Waals surface area contributed by atoms with E-state index in [4.69, 9.17) is 4.57 Å². The zero-order valence-corrected chi connectivity index (χ0v) is 5.81. The summed E-state index contributed by atoms with van der Waals surface area (Å²) in [6.07, 6.45) is 0. The predicted octanol–water partition coefficient (Wildman–Crippen LogP) is 0.470. The third kappa shape index (κ3) is 10.00. The second kappa shape index (κ2) is 26.0. The molecule has 21 valence electrons. The Hall–Kier alpha value is 1.40. The molecule has 1 nitrogen and oxygen atoms in total. The van der Waals surface area contributed by atoms with Gasteiger partial charge in [-0.1, -0.05) is 0 Å². The van der Waals surface area contributed by atoms with Gasteiger partial charge in [-0.25, -0.2) is 0 Å². The van der Waals surface area contributed by atoms with Crippen molar-refractivity contribution in [3.05, 3.63) is 0 Å². The minimum absolute atomic E-state index is 0. The number of hydrogen-bond donors (Lipinski definition) is 0. The van der Waals surface area contributed by atoms with E-state index < -0.39 is 0 Å². The summed E-state index contributed by atoms with van der Waals surface area (Å²) >= 11 is 0. The van der Waals surface area contributed by atoms with Gasteiger partial charge in [-0.3, -0.25) is 4.57 Å². The Morgan fingerprint density at radius 1 is 1.25 bits per heavy atom. The Balaban J connectivity index is -0.00000000500. The van der Waals surface area contributed by atoms with E-state index in [2.05, 4.69) is 0 Å². The van der Waals surface area contributed by atoms with Crippen LogP contribution in [0.4, 0.5) is 0 Å². The van der Waals surface area contributed by atoms with E-state index in [0.717, 1.165) is 0 Å². The zero-order chi connectivity index (χ0) is 2.00. The van der Waals surface area contributed by atoms with E-state index in [1.165, 1.54) is 0 Å². The molecule has 0 amide bonds. The van der Waals surface area contributed by atoms with E-state index in [0.29, 0.717) is 0 Å². The molecule has 0 aliphatic carbocycles. The molecular formula is HOPTiV. The van der Waals surface area contributed by atoms with Crippen molar-refractivity contribution < 1.29 is 44.8 Å². The molecule has 0 N–H and O–H groups in total. The van der Waals surface area contributed by atoms with Gasteiger partial charge < -0.3 is 0 Å². The van der Waals surface area contributed by atoms with E-state index in [9.17, 15) is 0 Å². The molecule has 0 bridgehead atoms. The van der Waals surface area contributed by atoms with Crippen LogP contribution < -0.4 is 0 Å². The summed E-state index contributed by atoms with van der Waals surface area (Å²) < 4.78 is 8.06. The van der Waals surface area contributed by atoms with Gasteiger partial charge in [-0.05, 0) is 0 Å². The van der Waals surface area contributed by atoms with Crippen LogP contribution in [0.25, 0.3) is 0 Å². The van der Waals surface area contributed by atoms with Crippen molar-refractivity contribution in [2.45, 2.75) is 0 Å². The zero-order valence-electron chi connectivity index (χ0n) is 1.86. The van der Waals surface area contributed by atoms with Gasteiger partial charge in [-0.2, -0.15) is 0 Å². The Kier molecular flexibility index (Phi) is 118. The Labute approximate surface area is 53.9 Å². The fourth-order valence-electron chi connectivity index (χ4n) is 0. The Bertz CT molecular complexity index is 8.00. The fourth-order valence-corrected chi connectivity index (χ4v) is 0. The molecule has 1 radical (unpaired) electrons. The van der Waals surface area contributed by atoms with Crippen LogP contribution in [0, 0.1) is 0 Å². The predicted molar refractivity (Wildman–Crippen MR) is 9.00 cm³/mol. The van der Waals surface area contributed by atoms with Crippen molar-refractivity contribution in [1.29, 1.82) is 0 Å². The van der Waals surface area contributed by atoms with Crippen LogP contribution in [-0.4, -0.2) is 0 Å². The van der Waals surface area contributed by atoms with Crippen LogP contribution in [0.1, 0.15) is 0 Å². The van der Waals surface area contributed by atoms with Crippen molar-refractivity contribution in [1.82, 2.24) is 0 Å². The molecule has 0 rings (SSSR count). The second-order valence-electron chi connectivity index (χ2n) is 0. The van der Waals surface area contributed by atoms with Crippen LogP contribution in [0.3, 0.4) is 0 Å². The van der Waals surface area contributed by atoms with Crippen molar-refractivity contribution in [2.24, 2.45) is 0 Å². The summed E-state index contributed by atoms with van der Waals surface area (Å²) in [6.45, 7) is 0. The first-order chi connectivity index (χ1) is 1.00. The van der Waals surface area contributed by atoms with Crippen LogP contribution >= 0.6 is 9.12 Å². The van der Waals surface area contributed by atoms with Crippen LogP contribution in [0.5, 0.6) is 0 Å². The standard InChI is InChI=1S/HOP.Ti.V/c1-2;;/h2H;;. The van der Waals surface area contributed by atoms with Crippen molar-refractivity contribution in [3.8, 4) is 0 Å². The molecule has 0 aromatic carbocycles. The summed E-state index contributed by atoms with van der Waals surface area (Å²) in [7, 11) is 1.72. The maximum Gasteiger partial charge on any atom is 0.138 e. The fraction of sp³-hybridized carbons (Fsp3) is 0. The molecule has 0 aromatic heterocycles. The minimum atomic E-state index is 0. The topological polar surface area (TPSA) is 17.1 Å². The van der Waals surface area contributed by atoms with Gasteiger partial charge in [0.1, 0.15) is 9.12 Å². The van der Waals surface area contributed by atoms with Crippen molar-refractivity contribution in [3.63, 3.8) is 0 Å². The first kappa shape index (κ1) is 18.2. The maximum absolute atomic E-state index is 8.06. The Morgan fingerprint density at radius 3 is 1.25 bits per heavy atom. The summed E-state index contributed by atoms with van der Waals surface area (Å²) in [6, 6.07) is 0. The summed E-state index contributed by atoms with van der Waals surface area (Å²) in [4.78, 5) is 0. The van der Waals surface area contributed by atoms with Crippen molar-refractivity contribution >= 4 is 9.12 Å². The summed E-state index contributed by atoms with van der Waals surface area (Å²) in [5.41, 5.74) is 0. The van der Waals surface area contributed by atoms with E-state index >= 15 is 0 Å². The van der Waals surface area contributed by atoms with E-state index in [-0.39, 0.29) is 40.3 Å². The van der Waals surface area contributed by atoms with Crippen LogP contribution in [0.2, 0.25) is 0 Å². The smallest absolute Gasteiger partial charge is 0.138 e. The quantitative estimate of drug-likeness (QED) is 0.359. The first-order valence-electron chi connectivity index (χ1n) is 0.204. The summed E-state index contributed by atoms with van der Waals surface area (Å²) in [5, 5.41) is 0. The molecule has 4 heteroatoms. The average molecular weight is 147 g/mol. The van der Waals surface area contributed by atoms with Crippen LogP contribution in [-0.2, 0) is 44.8 Å². The maximum atomic E-state index is 8.06. The molecule has 0 aromatic rings. The molecule has 0 heterocycles. The molecule has 0 fully saturated rings. The summed E-state index contributed by atoms with van der Waals surface area (Å²) in [5.74, 6) is 0. The molecule has 0 saturated carbocycles. The van der Waals surface area contributed by atoms with Crippen molar-refractivity contribution in [2.75, 3.05) is 0 Å². The third-order valence-electron chi connectivity index (χ3n) is 0. The second-order valence-corrected chi connectivity index (χ2v) is 0. The van der Waals surface area contributed by atoms with Gasteiger partial charge in [0.25, 0.3) is 0 Å². The largest absolute Gasteiger partial charge is 0.279 e. The Morgan fingerprint density at radius 2 is 1.25 bits per heavy atom. The van der Waals surface area contributed by atoms with Gasteiger partial charge in [0, 0.05) is 40.3 Å².